The fraction of sp³-hybridized carbons (Fsp3) is 0.190. The Morgan fingerprint density at radius 3 is 2.21 bits per heavy atom. The van der Waals surface area contributed by atoms with Crippen molar-refractivity contribution < 1.29 is 9.53 Å². The van der Waals surface area contributed by atoms with Gasteiger partial charge in [-0.3, -0.25) is 4.79 Å². The minimum atomic E-state index is -0.0102. The Morgan fingerprint density at radius 1 is 0.958 bits per heavy atom. The second-order valence-corrected chi connectivity index (χ2v) is 5.70. The van der Waals surface area contributed by atoms with Crippen molar-refractivity contribution in [3.63, 3.8) is 0 Å². The summed E-state index contributed by atoms with van der Waals surface area (Å²) in [6.45, 7) is 3.23. The van der Waals surface area contributed by atoms with Gasteiger partial charge in [0, 0.05) is 13.1 Å². The summed E-state index contributed by atoms with van der Waals surface area (Å²) in [5.41, 5.74) is 1.72. The van der Waals surface area contributed by atoms with Gasteiger partial charge in [0.2, 0.25) is 0 Å². The van der Waals surface area contributed by atoms with E-state index < -0.39 is 0 Å². The van der Waals surface area contributed by atoms with Crippen molar-refractivity contribution in [3.05, 3.63) is 77.9 Å². The summed E-state index contributed by atoms with van der Waals surface area (Å²) in [6.07, 6.45) is 0. The minimum absolute atomic E-state index is 0.0102. The van der Waals surface area contributed by atoms with Crippen molar-refractivity contribution in [1.29, 1.82) is 0 Å². The van der Waals surface area contributed by atoms with Crippen molar-refractivity contribution in [2.24, 2.45) is 0 Å². The molecule has 0 heterocycles. The Morgan fingerprint density at radius 2 is 1.58 bits per heavy atom. The van der Waals surface area contributed by atoms with Gasteiger partial charge in [0.25, 0.3) is 5.91 Å². The molecule has 0 spiro atoms. The maximum atomic E-state index is 13.0. The lowest BCUT2D eigenvalue weighted by molar-refractivity contribution is 0.0749. The van der Waals surface area contributed by atoms with Crippen LogP contribution in [0.15, 0.2) is 66.7 Å². The summed E-state index contributed by atoms with van der Waals surface area (Å²) >= 11 is 0. The first kappa shape index (κ1) is 16.1. The molecule has 3 aromatic carbocycles. The van der Waals surface area contributed by atoms with Gasteiger partial charge in [-0.15, -0.1) is 0 Å². The van der Waals surface area contributed by atoms with Gasteiger partial charge in [-0.1, -0.05) is 54.6 Å². The van der Waals surface area contributed by atoms with E-state index in [9.17, 15) is 4.79 Å². The normalized spacial score (nSPS) is 10.6. The average molecular weight is 319 g/mol. The van der Waals surface area contributed by atoms with E-state index in [4.69, 9.17) is 4.74 Å². The number of amides is 1. The van der Waals surface area contributed by atoms with Crippen molar-refractivity contribution in [1.82, 2.24) is 4.90 Å². The van der Waals surface area contributed by atoms with Crippen molar-refractivity contribution in [2.75, 3.05) is 13.7 Å². The molecule has 3 nitrogen and oxygen atoms in total. The Balaban J connectivity index is 1.96. The van der Waals surface area contributed by atoms with Gasteiger partial charge in [-0.25, -0.2) is 0 Å². The number of benzene rings is 3. The largest absolute Gasteiger partial charge is 0.496 e. The number of rotatable bonds is 5. The van der Waals surface area contributed by atoms with Crippen molar-refractivity contribution >= 4 is 16.7 Å². The van der Waals surface area contributed by atoms with Crippen LogP contribution in [0.4, 0.5) is 0 Å². The molecule has 0 fully saturated rings. The molecule has 0 aliphatic heterocycles. The van der Waals surface area contributed by atoms with Gasteiger partial charge < -0.3 is 9.64 Å². The fourth-order valence-corrected chi connectivity index (χ4v) is 2.86. The molecule has 0 radical (unpaired) electrons. The quantitative estimate of drug-likeness (QED) is 0.692. The van der Waals surface area contributed by atoms with E-state index in [0.29, 0.717) is 24.4 Å². The molecule has 0 N–H and O–H groups in total. The van der Waals surface area contributed by atoms with Crippen LogP contribution in [0.25, 0.3) is 10.8 Å². The van der Waals surface area contributed by atoms with E-state index in [-0.39, 0.29) is 5.91 Å². The van der Waals surface area contributed by atoms with E-state index in [1.807, 2.05) is 78.6 Å². The van der Waals surface area contributed by atoms with Crippen LogP contribution in [-0.4, -0.2) is 24.5 Å². The lowest BCUT2D eigenvalue weighted by Crippen LogP contribution is -2.30. The molecule has 122 valence electrons. The Labute approximate surface area is 142 Å². The van der Waals surface area contributed by atoms with E-state index in [1.54, 1.807) is 7.11 Å². The highest BCUT2D eigenvalue weighted by Crippen LogP contribution is 2.27. The van der Waals surface area contributed by atoms with Crippen LogP contribution in [0, 0.1) is 0 Å². The summed E-state index contributed by atoms with van der Waals surface area (Å²) in [7, 11) is 1.61. The standard InChI is InChI=1S/C21H21NO2/c1-3-22(15-16-9-5-4-6-10-16)21(23)19-13-17-11-7-8-12-18(17)14-20(19)24-2/h4-14H,3,15H2,1-2H3. The maximum Gasteiger partial charge on any atom is 0.257 e. The number of hydrogen-bond acceptors (Lipinski definition) is 2. The first-order chi connectivity index (χ1) is 11.7. The predicted octanol–water partition coefficient (Wildman–Crippen LogP) is 4.51. The number of ether oxygens (including phenoxy) is 1. The first-order valence-corrected chi connectivity index (χ1v) is 8.13. The highest BCUT2D eigenvalue weighted by atomic mass is 16.5. The maximum absolute atomic E-state index is 13.0. The Hall–Kier alpha value is -2.81. The molecule has 0 aliphatic carbocycles. The summed E-state index contributed by atoms with van der Waals surface area (Å²) in [5.74, 6) is 0.606. The van der Waals surface area contributed by atoms with Gasteiger partial charge in [0.1, 0.15) is 5.75 Å². The summed E-state index contributed by atoms with van der Waals surface area (Å²) in [5, 5.41) is 2.11. The average Bonchev–Trinajstić information content (AvgIpc) is 2.65. The second kappa shape index (κ2) is 7.18. The topological polar surface area (TPSA) is 29.5 Å². The molecule has 0 bridgehead atoms. The minimum Gasteiger partial charge on any atom is -0.496 e. The third kappa shape index (κ3) is 3.25. The lowest BCUT2D eigenvalue weighted by atomic mass is 10.0. The molecule has 24 heavy (non-hydrogen) atoms. The van der Waals surface area contributed by atoms with E-state index in [2.05, 4.69) is 0 Å². The predicted molar refractivity (Wildman–Crippen MR) is 97.4 cm³/mol. The molecule has 0 atom stereocenters. The van der Waals surface area contributed by atoms with Gasteiger partial charge >= 0.3 is 0 Å². The summed E-state index contributed by atoms with van der Waals surface area (Å²) in [6, 6.07) is 21.9. The number of carbonyl (C=O) groups excluding carboxylic acids is 1. The first-order valence-electron chi connectivity index (χ1n) is 8.13. The zero-order valence-corrected chi connectivity index (χ0v) is 14.0. The molecule has 0 aromatic heterocycles. The molecule has 0 saturated carbocycles. The van der Waals surface area contributed by atoms with Gasteiger partial charge in [-0.05, 0) is 35.4 Å². The van der Waals surface area contributed by atoms with Gasteiger partial charge in [0.15, 0.2) is 0 Å². The zero-order chi connectivity index (χ0) is 16.9. The zero-order valence-electron chi connectivity index (χ0n) is 14.0. The summed E-state index contributed by atoms with van der Waals surface area (Å²) in [4.78, 5) is 14.9. The number of hydrogen-bond donors (Lipinski definition) is 0. The number of carbonyl (C=O) groups is 1. The van der Waals surface area contributed by atoms with Crippen LogP contribution in [0.3, 0.4) is 0 Å². The molecule has 3 rings (SSSR count). The molecule has 0 aliphatic rings. The van der Waals surface area contributed by atoms with Crippen LogP contribution in [0.2, 0.25) is 0 Å². The van der Waals surface area contributed by atoms with Crippen LogP contribution < -0.4 is 4.74 Å². The Kier molecular flexibility index (Phi) is 4.80. The number of methoxy groups -OCH3 is 1. The SMILES string of the molecule is CCN(Cc1ccccc1)C(=O)c1cc2ccccc2cc1OC. The van der Waals surface area contributed by atoms with Crippen LogP contribution in [0.1, 0.15) is 22.8 Å². The lowest BCUT2D eigenvalue weighted by Gasteiger charge is -2.22. The van der Waals surface area contributed by atoms with E-state index >= 15 is 0 Å². The van der Waals surface area contributed by atoms with Gasteiger partial charge in [-0.2, -0.15) is 0 Å². The van der Waals surface area contributed by atoms with Crippen molar-refractivity contribution in [2.45, 2.75) is 13.5 Å². The third-order valence-corrected chi connectivity index (χ3v) is 4.18. The fourth-order valence-electron chi connectivity index (χ4n) is 2.86. The van der Waals surface area contributed by atoms with E-state index in [0.717, 1.165) is 16.3 Å². The molecule has 0 unspecified atom stereocenters. The second-order valence-electron chi connectivity index (χ2n) is 5.70. The van der Waals surface area contributed by atoms with Crippen LogP contribution in [0.5, 0.6) is 5.75 Å². The molecule has 0 saturated heterocycles. The smallest absolute Gasteiger partial charge is 0.257 e. The summed E-state index contributed by atoms with van der Waals surface area (Å²) < 4.78 is 5.47. The monoisotopic (exact) mass is 319 g/mol. The van der Waals surface area contributed by atoms with E-state index in [1.165, 1.54) is 0 Å². The highest BCUT2D eigenvalue weighted by molar-refractivity contribution is 6.01. The molecular weight excluding hydrogens is 298 g/mol. The van der Waals surface area contributed by atoms with Crippen molar-refractivity contribution in [3.8, 4) is 5.75 Å². The molecule has 1 amide bonds. The van der Waals surface area contributed by atoms with Gasteiger partial charge in [0.05, 0.1) is 12.7 Å². The molecule has 3 heteroatoms. The molecular formula is C21H21NO2. The van der Waals surface area contributed by atoms with Crippen LogP contribution in [-0.2, 0) is 6.54 Å². The highest BCUT2D eigenvalue weighted by Gasteiger charge is 2.19. The Bertz CT molecular complexity index is 843. The third-order valence-electron chi connectivity index (χ3n) is 4.18. The number of nitrogens with zero attached hydrogens (tertiary/aromatic N) is 1. The number of fused-ring (bicyclic) bond motifs is 1. The molecule has 3 aromatic rings. The van der Waals surface area contributed by atoms with Crippen LogP contribution >= 0.6 is 0 Å².